The first-order chi connectivity index (χ1) is 9.26. The Morgan fingerprint density at radius 2 is 1.84 bits per heavy atom. The van der Waals surface area contributed by atoms with Crippen molar-refractivity contribution in [1.82, 2.24) is 5.32 Å². The fraction of sp³-hybridized carbons (Fsp3) is 0.938. The maximum absolute atomic E-state index is 12.0. The van der Waals surface area contributed by atoms with Gasteiger partial charge in [0.15, 0.2) is 0 Å². The lowest BCUT2D eigenvalue weighted by Gasteiger charge is -2.18. The van der Waals surface area contributed by atoms with Gasteiger partial charge in [-0.15, -0.1) is 0 Å². The van der Waals surface area contributed by atoms with Crippen LogP contribution in [0.2, 0.25) is 0 Å². The van der Waals surface area contributed by atoms with Crippen molar-refractivity contribution in [3.05, 3.63) is 0 Å². The third-order valence-corrected chi connectivity index (χ3v) is 4.27. The summed E-state index contributed by atoms with van der Waals surface area (Å²) in [5.74, 6) is 0.889. The van der Waals surface area contributed by atoms with Gasteiger partial charge in [0.1, 0.15) is 0 Å². The molecule has 3 heteroatoms. The molecule has 0 aromatic rings. The van der Waals surface area contributed by atoms with Crippen LogP contribution in [0.4, 0.5) is 0 Å². The second-order valence-corrected chi connectivity index (χ2v) is 6.03. The van der Waals surface area contributed by atoms with Crippen LogP contribution in [0.1, 0.15) is 77.6 Å². The van der Waals surface area contributed by atoms with E-state index in [0.29, 0.717) is 18.4 Å². The quantitative estimate of drug-likeness (QED) is 0.663. The molecular formula is C16H32N2O. The van der Waals surface area contributed by atoms with Crippen LogP contribution in [0.25, 0.3) is 0 Å². The summed E-state index contributed by atoms with van der Waals surface area (Å²) in [6, 6.07) is 0.439. The largest absolute Gasteiger partial charge is 0.353 e. The van der Waals surface area contributed by atoms with E-state index in [1.54, 1.807) is 0 Å². The van der Waals surface area contributed by atoms with E-state index >= 15 is 0 Å². The molecule has 3 N–H and O–H groups in total. The van der Waals surface area contributed by atoms with Crippen molar-refractivity contribution in [2.24, 2.45) is 11.7 Å². The van der Waals surface area contributed by atoms with E-state index in [4.69, 9.17) is 5.73 Å². The third-order valence-electron chi connectivity index (χ3n) is 4.27. The molecule has 1 saturated carbocycles. The summed E-state index contributed by atoms with van der Waals surface area (Å²) >= 11 is 0. The third kappa shape index (κ3) is 7.56. The minimum atomic E-state index is 0.255. The van der Waals surface area contributed by atoms with Crippen molar-refractivity contribution in [2.75, 3.05) is 6.54 Å². The molecule has 19 heavy (non-hydrogen) atoms. The molecule has 1 aliphatic carbocycles. The zero-order chi connectivity index (χ0) is 13.9. The van der Waals surface area contributed by atoms with Crippen LogP contribution in [0, 0.1) is 5.92 Å². The number of nitrogens with one attached hydrogen (secondary N) is 1. The van der Waals surface area contributed by atoms with Gasteiger partial charge in [-0.25, -0.2) is 0 Å². The SMILES string of the molecule is CCCC(CCN)CCC(=O)NC1CCCCCC1. The van der Waals surface area contributed by atoms with E-state index in [1.807, 2.05) is 0 Å². The molecule has 0 radical (unpaired) electrons. The Bertz CT molecular complexity index is 229. The number of hydrogen-bond donors (Lipinski definition) is 2. The van der Waals surface area contributed by atoms with Crippen molar-refractivity contribution < 1.29 is 4.79 Å². The summed E-state index contributed by atoms with van der Waals surface area (Å²) in [5.41, 5.74) is 5.63. The maximum Gasteiger partial charge on any atom is 0.220 e. The Balaban J connectivity index is 2.21. The topological polar surface area (TPSA) is 55.1 Å². The van der Waals surface area contributed by atoms with Crippen LogP contribution in [0.3, 0.4) is 0 Å². The summed E-state index contributed by atoms with van der Waals surface area (Å²) in [4.78, 5) is 12.0. The van der Waals surface area contributed by atoms with Gasteiger partial charge in [0.25, 0.3) is 0 Å². The summed E-state index contributed by atoms with van der Waals surface area (Å²) < 4.78 is 0. The molecule has 3 nitrogen and oxygen atoms in total. The minimum Gasteiger partial charge on any atom is -0.353 e. The first-order valence-electron chi connectivity index (χ1n) is 8.25. The lowest BCUT2D eigenvalue weighted by molar-refractivity contribution is -0.122. The highest BCUT2D eigenvalue weighted by atomic mass is 16.1. The smallest absolute Gasteiger partial charge is 0.220 e. The Hall–Kier alpha value is -0.570. The molecule has 0 aromatic carbocycles. The molecular weight excluding hydrogens is 236 g/mol. The molecule has 1 atom stereocenters. The van der Waals surface area contributed by atoms with Gasteiger partial charge in [-0.3, -0.25) is 4.79 Å². The highest BCUT2D eigenvalue weighted by molar-refractivity contribution is 5.76. The molecule has 0 saturated heterocycles. The average molecular weight is 268 g/mol. The van der Waals surface area contributed by atoms with E-state index in [9.17, 15) is 4.79 Å². The molecule has 1 amide bonds. The van der Waals surface area contributed by atoms with Gasteiger partial charge >= 0.3 is 0 Å². The summed E-state index contributed by atoms with van der Waals surface area (Å²) in [6.45, 7) is 2.95. The van der Waals surface area contributed by atoms with Gasteiger partial charge in [-0.1, -0.05) is 45.4 Å². The first-order valence-corrected chi connectivity index (χ1v) is 8.25. The van der Waals surface area contributed by atoms with Crippen LogP contribution >= 0.6 is 0 Å². The molecule has 1 rings (SSSR count). The Labute approximate surface area is 118 Å². The molecule has 0 heterocycles. The predicted octanol–water partition coefficient (Wildman–Crippen LogP) is 3.37. The predicted molar refractivity (Wildman–Crippen MR) is 80.9 cm³/mol. The lowest BCUT2D eigenvalue weighted by atomic mass is 9.94. The van der Waals surface area contributed by atoms with Gasteiger partial charge in [-0.05, 0) is 38.1 Å². The Morgan fingerprint density at radius 3 is 2.42 bits per heavy atom. The highest BCUT2D eigenvalue weighted by Gasteiger charge is 2.15. The van der Waals surface area contributed by atoms with Crippen LogP contribution in [0.15, 0.2) is 0 Å². The fourth-order valence-corrected chi connectivity index (χ4v) is 3.14. The maximum atomic E-state index is 12.0. The summed E-state index contributed by atoms with van der Waals surface area (Å²) in [7, 11) is 0. The monoisotopic (exact) mass is 268 g/mol. The summed E-state index contributed by atoms with van der Waals surface area (Å²) in [6.07, 6.45) is 12.7. The number of carbonyl (C=O) groups is 1. The number of rotatable bonds is 8. The molecule has 112 valence electrons. The van der Waals surface area contributed by atoms with Crippen LogP contribution in [-0.4, -0.2) is 18.5 Å². The number of amides is 1. The van der Waals surface area contributed by atoms with Crippen molar-refractivity contribution >= 4 is 5.91 Å². The minimum absolute atomic E-state index is 0.255. The van der Waals surface area contributed by atoms with Crippen molar-refractivity contribution in [2.45, 2.75) is 83.6 Å². The van der Waals surface area contributed by atoms with Crippen molar-refractivity contribution in [3.8, 4) is 0 Å². The van der Waals surface area contributed by atoms with Crippen LogP contribution < -0.4 is 11.1 Å². The number of hydrogen-bond acceptors (Lipinski definition) is 2. The van der Waals surface area contributed by atoms with E-state index in [0.717, 1.165) is 19.4 Å². The Kier molecular flexibility index (Phi) is 8.89. The first kappa shape index (κ1) is 16.5. The van der Waals surface area contributed by atoms with Gasteiger partial charge in [0.2, 0.25) is 5.91 Å². The summed E-state index contributed by atoms with van der Waals surface area (Å²) in [5, 5.41) is 3.23. The van der Waals surface area contributed by atoms with E-state index in [-0.39, 0.29) is 5.91 Å². The highest BCUT2D eigenvalue weighted by Crippen LogP contribution is 2.19. The lowest BCUT2D eigenvalue weighted by Crippen LogP contribution is -2.34. The number of nitrogens with two attached hydrogens (primary N) is 1. The molecule has 0 aliphatic heterocycles. The normalized spacial score (nSPS) is 18.8. The molecule has 0 spiro atoms. The van der Waals surface area contributed by atoms with E-state index in [1.165, 1.54) is 51.4 Å². The average Bonchev–Trinajstić information content (AvgIpc) is 2.65. The van der Waals surface area contributed by atoms with Gasteiger partial charge in [-0.2, -0.15) is 0 Å². The van der Waals surface area contributed by atoms with E-state index in [2.05, 4.69) is 12.2 Å². The second-order valence-electron chi connectivity index (χ2n) is 6.03. The molecule has 1 fully saturated rings. The molecule has 1 aliphatic rings. The second kappa shape index (κ2) is 10.2. The van der Waals surface area contributed by atoms with Gasteiger partial charge in [0.05, 0.1) is 0 Å². The van der Waals surface area contributed by atoms with Gasteiger partial charge in [0, 0.05) is 12.5 Å². The molecule has 0 aromatic heterocycles. The number of carbonyl (C=O) groups excluding carboxylic acids is 1. The fourth-order valence-electron chi connectivity index (χ4n) is 3.14. The zero-order valence-corrected chi connectivity index (χ0v) is 12.6. The zero-order valence-electron chi connectivity index (χ0n) is 12.6. The van der Waals surface area contributed by atoms with Crippen LogP contribution in [0.5, 0.6) is 0 Å². The molecule has 1 unspecified atom stereocenters. The van der Waals surface area contributed by atoms with E-state index < -0.39 is 0 Å². The van der Waals surface area contributed by atoms with Gasteiger partial charge < -0.3 is 11.1 Å². The van der Waals surface area contributed by atoms with Crippen LogP contribution in [-0.2, 0) is 4.79 Å². The van der Waals surface area contributed by atoms with Crippen molar-refractivity contribution in [1.29, 1.82) is 0 Å². The molecule has 0 bridgehead atoms. The standard InChI is InChI=1S/C16H32N2O/c1-2-7-14(12-13-17)10-11-16(19)18-15-8-5-3-4-6-9-15/h14-15H,2-13,17H2,1H3,(H,18,19). The van der Waals surface area contributed by atoms with Crippen molar-refractivity contribution in [3.63, 3.8) is 0 Å². The Morgan fingerprint density at radius 1 is 1.16 bits per heavy atom.